The van der Waals surface area contributed by atoms with E-state index in [1.54, 1.807) is 13.0 Å². The molecule has 15 nitrogen and oxygen atoms in total. The monoisotopic (exact) mass is 975 g/mol. The zero-order chi connectivity index (χ0) is 43.5. The van der Waals surface area contributed by atoms with Gasteiger partial charge in [-0.25, -0.2) is 0 Å². The molecule has 2 bridgehead atoms. The van der Waals surface area contributed by atoms with E-state index in [4.69, 9.17) is 19.2 Å². The summed E-state index contributed by atoms with van der Waals surface area (Å²) in [7, 11) is -1.87. The van der Waals surface area contributed by atoms with Crippen LogP contribution in [0.4, 0.5) is 4.79 Å². The molecule has 1 aromatic carbocycles. The van der Waals surface area contributed by atoms with E-state index in [1.807, 2.05) is 45.0 Å². The minimum atomic E-state index is -3.99. The molecule has 2 saturated carbocycles. The van der Waals surface area contributed by atoms with Crippen molar-refractivity contribution in [1.82, 2.24) is 30.1 Å². The number of pyridine rings is 1. The fourth-order valence-corrected chi connectivity index (χ4v) is 13.0. The Morgan fingerprint density at radius 3 is 2.49 bits per heavy atom. The van der Waals surface area contributed by atoms with Crippen LogP contribution in [0, 0.1) is 11.3 Å². The van der Waals surface area contributed by atoms with Gasteiger partial charge in [-0.1, -0.05) is 12.5 Å². The predicted octanol–water partition coefficient (Wildman–Crippen LogP) is 1.17. The van der Waals surface area contributed by atoms with Gasteiger partial charge in [-0.2, -0.15) is 0 Å². The van der Waals surface area contributed by atoms with Gasteiger partial charge in [0.1, 0.15) is 0 Å². The molecular formula is C44H60IN6O9S-. The Labute approximate surface area is 369 Å². The first-order valence-corrected chi connectivity index (χ1v) is 25.6. The summed E-state index contributed by atoms with van der Waals surface area (Å²) in [5, 5.41) is 6.66. The number of hydrogen-bond donors (Lipinski definition) is 3. The topological polar surface area (TPSA) is 186 Å². The van der Waals surface area contributed by atoms with Crippen molar-refractivity contribution in [3.8, 4) is 11.6 Å². The van der Waals surface area contributed by atoms with Gasteiger partial charge in [-0.15, -0.1) is 0 Å². The minimum absolute atomic E-state index is 0.0134. The molecule has 4 amide bonds. The van der Waals surface area contributed by atoms with Crippen LogP contribution in [-0.4, -0.2) is 116 Å². The van der Waals surface area contributed by atoms with Gasteiger partial charge in [0.05, 0.1) is 0 Å². The van der Waals surface area contributed by atoms with Crippen LogP contribution in [-0.2, 0) is 35.6 Å². The van der Waals surface area contributed by atoms with Crippen LogP contribution in [0.3, 0.4) is 0 Å². The first-order valence-electron chi connectivity index (χ1n) is 21.8. The standard InChI is InChI=1S/C44H60IN6O9S/c1-7-34-44(45-34,40(54)49-61(56,57)43(5)19-20-43)48-37(52)32-24-28-25-51(32)39(53)36(42(2,3)4)47-41(55)60-33-23-26(33)13-9-8-10-15-30-35(58-27-17-21-50(6)22-18-27)29-14-11-12-16-31(29)46-38(30)59-28/h7,11-12,14,16,26-28,32-34,36H,1,8-10,13,15,17-25H2,2-6H3,(H,47,55)(H,48,52)(H,49,54)/q-1/t26-,28-,32+,33-,34+,36-,44-/m1/s1. The number of carbonyl (C=O) groups excluding carboxylic acids is 4. The van der Waals surface area contributed by atoms with Crippen molar-refractivity contribution in [3.63, 3.8) is 0 Å². The van der Waals surface area contributed by atoms with Crippen LogP contribution in [0.1, 0.15) is 97.5 Å². The summed E-state index contributed by atoms with van der Waals surface area (Å²) < 4.78 is 45.3. The Bertz CT molecular complexity index is 2190. The number of nitrogens with one attached hydrogen (secondary N) is 3. The maximum absolute atomic E-state index is 14.9. The van der Waals surface area contributed by atoms with Gasteiger partial charge in [-0.05, 0) is 26.3 Å². The number of aromatic nitrogens is 1. The zero-order valence-corrected chi connectivity index (χ0v) is 38.8. The molecule has 8 rings (SSSR count). The first-order chi connectivity index (χ1) is 28.9. The van der Waals surface area contributed by atoms with Crippen LogP contribution < -0.4 is 46.0 Å². The van der Waals surface area contributed by atoms with Crippen molar-refractivity contribution in [2.75, 3.05) is 26.7 Å². The van der Waals surface area contributed by atoms with Crippen molar-refractivity contribution in [2.24, 2.45) is 11.3 Å². The molecule has 3 saturated heterocycles. The molecule has 3 N–H and O–H groups in total. The summed E-state index contributed by atoms with van der Waals surface area (Å²) in [4.78, 5) is 65.6. The quantitative estimate of drug-likeness (QED) is 0.149. The van der Waals surface area contributed by atoms with Crippen molar-refractivity contribution >= 4 is 44.7 Å². The van der Waals surface area contributed by atoms with E-state index < -0.39 is 90.9 Å². The summed E-state index contributed by atoms with van der Waals surface area (Å²) in [6.07, 6.45) is 7.73. The molecule has 17 heteroatoms. The predicted molar refractivity (Wildman–Crippen MR) is 224 cm³/mol. The number of halogens is 1. The number of sulfonamides is 1. The molecule has 0 spiro atoms. The molecule has 0 unspecified atom stereocenters. The number of hydrogen-bond acceptors (Lipinski definition) is 11. The van der Waals surface area contributed by atoms with Crippen molar-refractivity contribution < 1.29 is 63.0 Å². The Morgan fingerprint density at radius 1 is 1.07 bits per heavy atom. The average Bonchev–Trinajstić information content (AvgIpc) is 4.17. The Hall–Kier alpha value is -3.71. The molecule has 6 aliphatic rings. The van der Waals surface area contributed by atoms with E-state index in [0.717, 1.165) is 74.7 Å². The molecule has 7 atom stereocenters. The summed E-state index contributed by atoms with van der Waals surface area (Å²) in [5.74, 6) is -0.505. The summed E-state index contributed by atoms with van der Waals surface area (Å²) >= 11 is -1.07. The number of ether oxygens (including phenoxy) is 3. The number of benzene rings is 1. The van der Waals surface area contributed by atoms with Crippen LogP contribution in [0.2, 0.25) is 0 Å². The molecule has 2 aliphatic carbocycles. The van der Waals surface area contributed by atoms with E-state index in [2.05, 4.69) is 33.9 Å². The van der Waals surface area contributed by atoms with Gasteiger partial charge < -0.3 is 4.90 Å². The molecule has 5 fully saturated rings. The number of carbonyl (C=O) groups is 4. The molecule has 4 aliphatic heterocycles. The number of rotatable bonds is 8. The normalized spacial score (nSPS) is 31.0. The first kappa shape index (κ1) is 43.9. The summed E-state index contributed by atoms with van der Waals surface area (Å²) in [6, 6.07) is 5.66. The number of amides is 4. The van der Waals surface area contributed by atoms with Gasteiger partial charge in [0, 0.05) is 13.1 Å². The number of nitrogens with zero attached hydrogens (tertiary/aromatic N) is 3. The van der Waals surface area contributed by atoms with Gasteiger partial charge in [-0.3, -0.25) is 0 Å². The number of likely N-dealkylation sites (tertiary alicyclic amines) is 1. The third-order valence-corrected chi connectivity index (χ3v) is 19.3. The molecule has 5 heterocycles. The fraction of sp³-hybridized carbons (Fsp3) is 0.659. The Balaban J connectivity index is 1.14. The molecule has 2 aromatic rings. The van der Waals surface area contributed by atoms with Crippen LogP contribution in [0.15, 0.2) is 36.9 Å². The Kier molecular flexibility index (Phi) is 12.1. The SMILES string of the molecule is C=C[C@@H]1[I-][C@]1(NC(=O)[C@@H]1C[C@@H]2CN1C(=O)[C@H](C(C)(C)C)NC(=O)O[C@@H]1C[C@H]1CCCCCc1c(nc3ccccc3c1OC1CCN(C)CC1)O2)C(=O)NS(=O)(=O)C1(C)CC1. The van der Waals surface area contributed by atoms with Crippen molar-refractivity contribution in [1.29, 1.82) is 0 Å². The number of alkyl carbamates (subject to hydrolysis) is 1. The average molecular weight is 976 g/mol. The van der Waals surface area contributed by atoms with E-state index in [0.29, 0.717) is 30.7 Å². The zero-order valence-electron chi connectivity index (χ0n) is 35.8. The third-order valence-electron chi connectivity index (χ3n) is 13.3. The van der Waals surface area contributed by atoms with Crippen LogP contribution in [0.5, 0.6) is 11.6 Å². The molecule has 0 radical (unpaired) electrons. The molecular weight excluding hydrogens is 915 g/mol. The van der Waals surface area contributed by atoms with Crippen molar-refractivity contribution in [2.45, 2.75) is 141 Å². The second-order valence-corrected chi connectivity index (χ2v) is 25.0. The van der Waals surface area contributed by atoms with E-state index >= 15 is 0 Å². The number of para-hydroxylation sites is 1. The maximum atomic E-state index is 14.9. The van der Waals surface area contributed by atoms with Gasteiger partial charge in [0.25, 0.3) is 0 Å². The number of fused-ring (bicyclic) bond motifs is 5. The number of alkyl halides is 2. The summed E-state index contributed by atoms with van der Waals surface area (Å²) in [6.45, 7) is 12.8. The van der Waals surface area contributed by atoms with Crippen LogP contribution in [0.25, 0.3) is 10.9 Å². The second-order valence-electron chi connectivity index (χ2n) is 19.2. The fourth-order valence-electron chi connectivity index (χ4n) is 8.83. The van der Waals surface area contributed by atoms with E-state index in [-0.39, 0.29) is 31.1 Å². The van der Waals surface area contributed by atoms with Gasteiger partial charge in [0.2, 0.25) is 0 Å². The van der Waals surface area contributed by atoms with Gasteiger partial charge in [0.15, 0.2) is 0 Å². The van der Waals surface area contributed by atoms with Crippen molar-refractivity contribution in [3.05, 3.63) is 42.5 Å². The second kappa shape index (κ2) is 16.8. The van der Waals surface area contributed by atoms with Gasteiger partial charge >= 0.3 is 314 Å². The van der Waals surface area contributed by atoms with E-state index in [9.17, 15) is 27.6 Å². The third kappa shape index (κ3) is 9.20. The Morgan fingerprint density at radius 2 is 1.80 bits per heavy atom. The summed E-state index contributed by atoms with van der Waals surface area (Å²) in [5.41, 5.74) is 0.768. The molecule has 334 valence electrons. The molecule has 61 heavy (non-hydrogen) atoms. The number of piperidine rings is 1. The van der Waals surface area contributed by atoms with E-state index in [1.165, 1.54) is 4.90 Å². The van der Waals surface area contributed by atoms with Crippen LogP contribution >= 0.6 is 0 Å². The molecule has 1 aromatic heterocycles.